The molecule has 0 saturated heterocycles. The van der Waals surface area contributed by atoms with Crippen LogP contribution in [-0.2, 0) is 6.54 Å². The third-order valence-electron chi connectivity index (χ3n) is 3.62. The molecule has 130 valence electrons. The summed E-state index contributed by atoms with van der Waals surface area (Å²) in [6.45, 7) is 6.27. The average Bonchev–Trinajstić information content (AvgIpc) is 2.92. The number of nitrogens with zero attached hydrogens (tertiary/aromatic N) is 4. The van der Waals surface area contributed by atoms with E-state index < -0.39 is 0 Å². The Hall–Kier alpha value is -2.60. The first-order valence-electron chi connectivity index (χ1n) is 8.08. The fourth-order valence-electron chi connectivity index (χ4n) is 2.52. The largest absolute Gasteiger partial charge is 0.491 e. The monoisotopic (exact) mass is 358 g/mol. The molecule has 1 aromatic carbocycles. The summed E-state index contributed by atoms with van der Waals surface area (Å²) in [5.74, 6) is 1.23. The van der Waals surface area contributed by atoms with E-state index in [1.54, 1.807) is 16.8 Å². The average molecular weight is 359 g/mol. The summed E-state index contributed by atoms with van der Waals surface area (Å²) in [5.41, 5.74) is 1.13. The minimum Gasteiger partial charge on any atom is -0.491 e. The van der Waals surface area contributed by atoms with Crippen LogP contribution in [0.15, 0.2) is 47.5 Å². The first kappa shape index (κ1) is 17.2. The van der Waals surface area contributed by atoms with Crippen molar-refractivity contribution < 1.29 is 4.74 Å². The van der Waals surface area contributed by atoms with Crippen molar-refractivity contribution in [3.8, 4) is 22.8 Å². The van der Waals surface area contributed by atoms with Crippen LogP contribution >= 0.6 is 11.6 Å². The molecule has 7 heteroatoms. The second kappa shape index (κ2) is 7.11. The van der Waals surface area contributed by atoms with E-state index in [0.29, 0.717) is 28.6 Å². The lowest BCUT2D eigenvalue weighted by atomic mass is 10.2. The van der Waals surface area contributed by atoms with Gasteiger partial charge in [0.05, 0.1) is 16.8 Å². The van der Waals surface area contributed by atoms with E-state index in [1.807, 2.05) is 45.0 Å². The lowest BCUT2D eigenvalue weighted by Gasteiger charge is -2.11. The summed E-state index contributed by atoms with van der Waals surface area (Å²) in [6.07, 6.45) is 3.25. The maximum absolute atomic E-state index is 12.7. The molecule has 25 heavy (non-hydrogen) atoms. The molecule has 0 aliphatic carbocycles. The second-order valence-electron chi connectivity index (χ2n) is 5.77. The molecule has 2 heterocycles. The van der Waals surface area contributed by atoms with Gasteiger partial charge in [-0.15, -0.1) is 5.10 Å². The number of hydrogen-bond acceptors (Lipinski definition) is 4. The summed E-state index contributed by atoms with van der Waals surface area (Å²) in [7, 11) is 0. The first-order valence-corrected chi connectivity index (χ1v) is 8.46. The Labute approximate surface area is 150 Å². The van der Waals surface area contributed by atoms with Crippen molar-refractivity contribution >= 4 is 11.6 Å². The molecule has 0 radical (unpaired) electrons. The predicted octanol–water partition coefficient (Wildman–Crippen LogP) is 3.56. The fourth-order valence-corrected chi connectivity index (χ4v) is 2.73. The molecule has 3 aromatic rings. The Balaban J connectivity index is 2.14. The Bertz CT molecular complexity index is 929. The zero-order chi connectivity index (χ0) is 18.0. The van der Waals surface area contributed by atoms with Crippen LogP contribution in [0.4, 0.5) is 0 Å². The van der Waals surface area contributed by atoms with E-state index in [0.717, 1.165) is 5.75 Å². The predicted molar refractivity (Wildman–Crippen MR) is 97.5 cm³/mol. The lowest BCUT2D eigenvalue weighted by molar-refractivity contribution is 0.242. The highest BCUT2D eigenvalue weighted by Gasteiger charge is 2.18. The van der Waals surface area contributed by atoms with Crippen molar-refractivity contribution in [1.82, 2.24) is 19.3 Å². The van der Waals surface area contributed by atoms with Crippen LogP contribution in [0.3, 0.4) is 0 Å². The second-order valence-corrected chi connectivity index (χ2v) is 6.18. The van der Waals surface area contributed by atoms with Gasteiger partial charge in [0.15, 0.2) is 5.82 Å². The highest BCUT2D eigenvalue weighted by Crippen LogP contribution is 2.27. The van der Waals surface area contributed by atoms with Gasteiger partial charge in [-0.1, -0.05) is 11.6 Å². The summed E-state index contributed by atoms with van der Waals surface area (Å²) in [6, 6.07) is 9.08. The van der Waals surface area contributed by atoms with Crippen molar-refractivity contribution in [2.45, 2.75) is 33.4 Å². The Morgan fingerprint density at radius 3 is 2.52 bits per heavy atom. The van der Waals surface area contributed by atoms with Gasteiger partial charge >= 0.3 is 5.69 Å². The number of hydrogen-bond donors (Lipinski definition) is 0. The lowest BCUT2D eigenvalue weighted by Crippen LogP contribution is -2.23. The minimum absolute atomic E-state index is 0.0857. The molecule has 0 amide bonds. The van der Waals surface area contributed by atoms with Crippen LogP contribution in [0.5, 0.6) is 5.75 Å². The maximum atomic E-state index is 12.7. The van der Waals surface area contributed by atoms with Crippen molar-refractivity contribution in [2.24, 2.45) is 0 Å². The van der Waals surface area contributed by atoms with Crippen molar-refractivity contribution in [3.05, 3.63) is 58.2 Å². The summed E-state index contributed by atoms with van der Waals surface area (Å²) < 4.78 is 8.61. The van der Waals surface area contributed by atoms with Crippen LogP contribution < -0.4 is 10.4 Å². The van der Waals surface area contributed by atoms with Crippen molar-refractivity contribution in [2.75, 3.05) is 0 Å². The molecular weight excluding hydrogens is 340 g/mol. The van der Waals surface area contributed by atoms with E-state index in [9.17, 15) is 4.79 Å². The van der Waals surface area contributed by atoms with Crippen molar-refractivity contribution in [3.63, 3.8) is 0 Å². The molecular formula is C18H19ClN4O2. The van der Waals surface area contributed by atoms with Crippen LogP contribution in [0, 0.1) is 0 Å². The number of aryl methyl sites for hydroxylation is 1. The third-order valence-corrected chi connectivity index (χ3v) is 3.92. The highest BCUT2D eigenvalue weighted by atomic mass is 35.5. The number of aromatic nitrogens is 4. The van der Waals surface area contributed by atoms with E-state index in [2.05, 4.69) is 10.1 Å². The number of benzene rings is 1. The maximum Gasteiger partial charge on any atom is 0.350 e. The molecule has 0 aliphatic rings. The molecule has 0 N–H and O–H groups in total. The highest BCUT2D eigenvalue weighted by molar-refractivity contribution is 6.33. The zero-order valence-electron chi connectivity index (χ0n) is 14.3. The molecule has 0 fully saturated rings. The summed E-state index contributed by atoms with van der Waals surface area (Å²) in [4.78, 5) is 16.7. The first-order chi connectivity index (χ1) is 12.0. The molecule has 0 unspecified atom stereocenters. The van der Waals surface area contributed by atoms with Crippen LogP contribution in [-0.4, -0.2) is 25.4 Å². The standard InChI is InChI=1S/C18H19ClN4O2/c1-4-22-18(24)23(13-5-7-14(8-6-13)25-12(2)3)17(21-22)15-9-10-20-11-16(15)19/h5-12H,4H2,1-3H3. The number of ether oxygens (including phenoxy) is 1. The molecule has 6 nitrogen and oxygen atoms in total. The fraction of sp³-hybridized carbons (Fsp3) is 0.278. The topological polar surface area (TPSA) is 61.9 Å². The van der Waals surface area contributed by atoms with Gasteiger partial charge in [-0.2, -0.15) is 0 Å². The van der Waals surface area contributed by atoms with Gasteiger partial charge in [0.1, 0.15) is 5.75 Å². The SMILES string of the molecule is CCn1nc(-c2ccncc2Cl)n(-c2ccc(OC(C)C)cc2)c1=O. The molecule has 2 aromatic heterocycles. The van der Waals surface area contributed by atoms with Gasteiger partial charge in [0.2, 0.25) is 0 Å². The van der Waals surface area contributed by atoms with Gasteiger partial charge in [-0.25, -0.2) is 14.0 Å². The van der Waals surface area contributed by atoms with E-state index in [-0.39, 0.29) is 11.8 Å². The summed E-state index contributed by atoms with van der Waals surface area (Å²) >= 11 is 6.26. The Morgan fingerprint density at radius 2 is 1.92 bits per heavy atom. The minimum atomic E-state index is -0.220. The number of rotatable bonds is 5. The molecule has 0 bridgehead atoms. The number of halogens is 1. The van der Waals surface area contributed by atoms with Crippen LogP contribution in [0.2, 0.25) is 5.02 Å². The molecule has 0 atom stereocenters. The van der Waals surface area contributed by atoms with E-state index in [1.165, 1.54) is 10.9 Å². The molecule has 0 aliphatic heterocycles. The third kappa shape index (κ3) is 3.44. The van der Waals surface area contributed by atoms with Gasteiger partial charge < -0.3 is 4.74 Å². The van der Waals surface area contributed by atoms with Gasteiger partial charge in [-0.3, -0.25) is 4.98 Å². The quantitative estimate of drug-likeness (QED) is 0.699. The van der Waals surface area contributed by atoms with Gasteiger partial charge in [0.25, 0.3) is 0 Å². The molecule has 0 spiro atoms. The molecule has 0 saturated carbocycles. The summed E-state index contributed by atoms with van der Waals surface area (Å²) in [5, 5.41) is 4.87. The smallest absolute Gasteiger partial charge is 0.350 e. The number of pyridine rings is 1. The van der Waals surface area contributed by atoms with Gasteiger partial charge in [0, 0.05) is 24.5 Å². The Kier molecular flexibility index (Phi) is 4.90. The molecule has 3 rings (SSSR count). The van der Waals surface area contributed by atoms with E-state index >= 15 is 0 Å². The Morgan fingerprint density at radius 1 is 1.20 bits per heavy atom. The zero-order valence-corrected chi connectivity index (χ0v) is 15.1. The van der Waals surface area contributed by atoms with Gasteiger partial charge in [-0.05, 0) is 51.1 Å². The van der Waals surface area contributed by atoms with Crippen molar-refractivity contribution in [1.29, 1.82) is 0 Å². The van der Waals surface area contributed by atoms with E-state index in [4.69, 9.17) is 16.3 Å². The van der Waals surface area contributed by atoms with Crippen LogP contribution in [0.25, 0.3) is 17.1 Å². The van der Waals surface area contributed by atoms with Crippen LogP contribution in [0.1, 0.15) is 20.8 Å². The normalized spacial score (nSPS) is 11.1.